The van der Waals surface area contributed by atoms with Crippen LogP contribution in [0.25, 0.3) is 0 Å². The molecule has 1 rings (SSSR count). The van der Waals surface area contributed by atoms with Crippen molar-refractivity contribution in [3.8, 4) is 0 Å². The first-order valence-electron chi connectivity index (χ1n) is 4.93. The Balaban J connectivity index is 2.60. The smallest absolute Gasteiger partial charge is 0.318 e. The van der Waals surface area contributed by atoms with E-state index in [-0.39, 0.29) is 24.3 Å². The Morgan fingerprint density at radius 1 is 1.60 bits per heavy atom. The van der Waals surface area contributed by atoms with Crippen LogP contribution in [0.3, 0.4) is 0 Å². The molecule has 0 aliphatic carbocycles. The molecule has 15 heavy (non-hydrogen) atoms. The second kappa shape index (κ2) is 4.37. The second-order valence-electron chi connectivity index (χ2n) is 4.06. The maximum atomic E-state index is 11.4. The van der Waals surface area contributed by atoms with Crippen LogP contribution in [-0.4, -0.2) is 55.2 Å². The van der Waals surface area contributed by atoms with Crippen LogP contribution in [-0.2, 0) is 0 Å². The van der Waals surface area contributed by atoms with Gasteiger partial charge in [-0.15, -0.1) is 0 Å². The zero-order valence-electron chi connectivity index (χ0n) is 9.57. The third-order valence-corrected chi connectivity index (χ3v) is 2.43. The monoisotopic (exact) mass is 214 g/mol. The summed E-state index contributed by atoms with van der Waals surface area (Å²) in [4.78, 5) is 25.8. The summed E-state index contributed by atoms with van der Waals surface area (Å²) in [5.74, 6) is 0. The zero-order chi connectivity index (χ0) is 11.6. The van der Waals surface area contributed by atoms with Gasteiger partial charge in [0.2, 0.25) is 0 Å². The summed E-state index contributed by atoms with van der Waals surface area (Å²) >= 11 is 0. The molecular weight excluding hydrogens is 196 g/mol. The van der Waals surface area contributed by atoms with Crippen molar-refractivity contribution in [2.24, 2.45) is 0 Å². The molecule has 0 radical (unpaired) electrons. The Labute approximate surface area is 89.6 Å². The number of rotatable bonds is 1. The molecule has 0 unspecified atom stereocenters. The highest BCUT2D eigenvalue weighted by Crippen LogP contribution is 2.09. The summed E-state index contributed by atoms with van der Waals surface area (Å²) in [5.41, 5.74) is 0. The lowest BCUT2D eigenvalue weighted by atomic mass is 10.1. The molecule has 2 N–H and O–H groups in total. The van der Waals surface area contributed by atoms with Gasteiger partial charge in [-0.05, 0) is 6.92 Å². The minimum atomic E-state index is -0.233. The van der Waals surface area contributed by atoms with Crippen molar-refractivity contribution < 1.29 is 9.59 Å². The predicted octanol–water partition coefficient (Wildman–Crippen LogP) is 0.0173. The van der Waals surface area contributed by atoms with Crippen molar-refractivity contribution >= 4 is 12.1 Å². The molecule has 1 fully saturated rings. The molecule has 1 aliphatic rings. The van der Waals surface area contributed by atoms with Gasteiger partial charge in [0.15, 0.2) is 0 Å². The largest absolute Gasteiger partial charge is 0.335 e. The summed E-state index contributed by atoms with van der Waals surface area (Å²) in [7, 11) is 5.01. The number of hydrogen-bond donors (Lipinski definition) is 2. The van der Waals surface area contributed by atoms with E-state index in [4.69, 9.17) is 0 Å². The molecule has 4 amide bonds. The minimum Gasteiger partial charge on any atom is -0.335 e. The summed E-state index contributed by atoms with van der Waals surface area (Å²) in [5, 5.41) is 5.56. The molecule has 0 aromatic rings. The summed E-state index contributed by atoms with van der Waals surface area (Å²) in [6.45, 7) is 1.92. The minimum absolute atomic E-state index is 0.0844. The molecule has 1 saturated heterocycles. The summed E-state index contributed by atoms with van der Waals surface area (Å²) < 4.78 is 0. The number of nitrogens with zero attached hydrogens (tertiary/aromatic N) is 2. The van der Waals surface area contributed by atoms with Crippen LogP contribution in [0.2, 0.25) is 0 Å². The third kappa shape index (κ3) is 2.74. The summed E-state index contributed by atoms with van der Waals surface area (Å²) in [6.07, 6.45) is 0.477. The van der Waals surface area contributed by atoms with Gasteiger partial charge in [-0.2, -0.15) is 0 Å². The van der Waals surface area contributed by atoms with Gasteiger partial charge in [0, 0.05) is 33.6 Å². The third-order valence-electron chi connectivity index (χ3n) is 2.43. The Morgan fingerprint density at radius 3 is 2.73 bits per heavy atom. The van der Waals surface area contributed by atoms with Crippen LogP contribution < -0.4 is 10.6 Å². The van der Waals surface area contributed by atoms with Gasteiger partial charge in [-0.1, -0.05) is 0 Å². The molecule has 1 aliphatic heterocycles. The lowest BCUT2D eigenvalue weighted by Gasteiger charge is -2.37. The van der Waals surface area contributed by atoms with E-state index in [1.165, 1.54) is 9.80 Å². The molecule has 1 heterocycles. The van der Waals surface area contributed by atoms with Gasteiger partial charge in [0.1, 0.15) is 6.17 Å². The highest BCUT2D eigenvalue weighted by atomic mass is 16.2. The first-order chi connectivity index (χ1) is 6.91. The Kier molecular flexibility index (Phi) is 3.39. The lowest BCUT2D eigenvalue weighted by Crippen LogP contribution is -2.61. The SMILES string of the molecule is C[C@H]1C[C@H](NC(=O)N(C)C)N(C)C(=O)N1. The molecule has 0 spiro atoms. The fourth-order valence-electron chi connectivity index (χ4n) is 1.43. The van der Waals surface area contributed by atoms with Crippen molar-refractivity contribution in [1.82, 2.24) is 20.4 Å². The van der Waals surface area contributed by atoms with Crippen molar-refractivity contribution in [3.05, 3.63) is 0 Å². The number of nitrogens with one attached hydrogen (secondary N) is 2. The van der Waals surface area contributed by atoms with Gasteiger partial charge >= 0.3 is 12.1 Å². The van der Waals surface area contributed by atoms with E-state index in [2.05, 4.69) is 10.6 Å². The van der Waals surface area contributed by atoms with E-state index < -0.39 is 0 Å². The molecule has 0 saturated carbocycles. The first kappa shape index (κ1) is 11.6. The average Bonchev–Trinajstić information content (AvgIpc) is 2.13. The van der Waals surface area contributed by atoms with Crippen LogP contribution in [0.1, 0.15) is 13.3 Å². The molecule has 2 atom stereocenters. The number of hydrogen-bond acceptors (Lipinski definition) is 2. The van der Waals surface area contributed by atoms with Crippen molar-refractivity contribution in [3.63, 3.8) is 0 Å². The van der Waals surface area contributed by atoms with E-state index in [9.17, 15) is 9.59 Å². The van der Waals surface area contributed by atoms with E-state index in [1.54, 1.807) is 21.1 Å². The predicted molar refractivity (Wildman–Crippen MR) is 56.4 cm³/mol. The number of carbonyl (C=O) groups excluding carboxylic acids is 2. The molecule has 0 bridgehead atoms. The van der Waals surface area contributed by atoms with E-state index in [0.717, 1.165) is 0 Å². The van der Waals surface area contributed by atoms with Gasteiger partial charge in [-0.25, -0.2) is 9.59 Å². The van der Waals surface area contributed by atoms with E-state index in [1.807, 2.05) is 6.92 Å². The topological polar surface area (TPSA) is 64.7 Å². The first-order valence-corrected chi connectivity index (χ1v) is 4.93. The fourth-order valence-corrected chi connectivity index (χ4v) is 1.43. The van der Waals surface area contributed by atoms with Crippen molar-refractivity contribution in [1.29, 1.82) is 0 Å². The van der Waals surface area contributed by atoms with Crippen LogP contribution in [0.5, 0.6) is 0 Å². The van der Waals surface area contributed by atoms with Crippen LogP contribution >= 0.6 is 0 Å². The maximum Gasteiger partial charge on any atom is 0.318 e. The molecular formula is C9H18N4O2. The zero-order valence-corrected chi connectivity index (χ0v) is 9.57. The highest BCUT2D eigenvalue weighted by molar-refractivity contribution is 5.78. The number of urea groups is 2. The van der Waals surface area contributed by atoms with Crippen molar-refractivity contribution in [2.45, 2.75) is 25.6 Å². The number of amides is 4. The molecule has 6 heteroatoms. The Morgan fingerprint density at radius 2 is 2.20 bits per heavy atom. The normalized spacial score (nSPS) is 25.9. The standard InChI is InChI=1S/C9H18N4O2/c1-6-5-7(11-8(14)12(2)3)13(4)9(15)10-6/h6-7H,5H2,1-4H3,(H,10,15)(H,11,14)/t6-,7+/m0/s1. The lowest BCUT2D eigenvalue weighted by molar-refractivity contribution is 0.140. The maximum absolute atomic E-state index is 11.4. The highest BCUT2D eigenvalue weighted by Gasteiger charge is 2.29. The summed E-state index contributed by atoms with van der Waals surface area (Å²) in [6, 6.07) is -0.257. The molecule has 86 valence electrons. The molecule has 0 aromatic heterocycles. The van der Waals surface area contributed by atoms with Gasteiger partial charge in [0.25, 0.3) is 0 Å². The molecule has 0 aromatic carbocycles. The van der Waals surface area contributed by atoms with E-state index in [0.29, 0.717) is 6.42 Å². The van der Waals surface area contributed by atoms with Crippen LogP contribution in [0.4, 0.5) is 9.59 Å². The van der Waals surface area contributed by atoms with Crippen LogP contribution in [0, 0.1) is 0 Å². The molecule has 6 nitrogen and oxygen atoms in total. The number of carbonyl (C=O) groups is 2. The fraction of sp³-hybridized carbons (Fsp3) is 0.778. The van der Waals surface area contributed by atoms with E-state index >= 15 is 0 Å². The quantitative estimate of drug-likeness (QED) is 0.646. The van der Waals surface area contributed by atoms with Gasteiger partial charge in [0.05, 0.1) is 0 Å². The Hall–Kier alpha value is -1.46. The Bertz CT molecular complexity index is 267. The van der Waals surface area contributed by atoms with Crippen molar-refractivity contribution in [2.75, 3.05) is 21.1 Å². The van der Waals surface area contributed by atoms with Gasteiger partial charge < -0.3 is 20.4 Å². The average molecular weight is 214 g/mol. The van der Waals surface area contributed by atoms with Crippen LogP contribution in [0.15, 0.2) is 0 Å². The van der Waals surface area contributed by atoms with Gasteiger partial charge in [-0.3, -0.25) is 0 Å². The second-order valence-corrected chi connectivity index (χ2v) is 4.06.